The lowest BCUT2D eigenvalue weighted by atomic mass is 9.89. The SMILES string of the molecule is CN(C)CC[C@@H]1CCCCN1Cc1cnc(C2CCCCC2)nc1. The molecule has 0 bridgehead atoms. The van der Waals surface area contributed by atoms with Gasteiger partial charge in [-0.2, -0.15) is 0 Å². The van der Waals surface area contributed by atoms with E-state index in [4.69, 9.17) is 9.97 Å². The highest BCUT2D eigenvalue weighted by molar-refractivity contribution is 5.08. The minimum atomic E-state index is 0.607. The minimum absolute atomic E-state index is 0.607. The second kappa shape index (κ2) is 8.91. The fraction of sp³-hybridized carbons (Fsp3) is 0.800. The molecule has 1 aromatic heterocycles. The van der Waals surface area contributed by atoms with Gasteiger partial charge in [0.1, 0.15) is 5.82 Å². The topological polar surface area (TPSA) is 32.3 Å². The lowest BCUT2D eigenvalue weighted by molar-refractivity contribution is 0.124. The minimum Gasteiger partial charge on any atom is -0.309 e. The van der Waals surface area contributed by atoms with Gasteiger partial charge in [0.2, 0.25) is 0 Å². The molecule has 0 aromatic carbocycles. The molecule has 24 heavy (non-hydrogen) atoms. The Hall–Kier alpha value is -1.00. The van der Waals surface area contributed by atoms with E-state index in [-0.39, 0.29) is 0 Å². The highest BCUT2D eigenvalue weighted by Crippen LogP contribution is 2.30. The Balaban J connectivity index is 1.57. The van der Waals surface area contributed by atoms with Crippen molar-refractivity contribution in [2.24, 2.45) is 0 Å². The van der Waals surface area contributed by atoms with Crippen molar-refractivity contribution < 1.29 is 0 Å². The summed E-state index contributed by atoms with van der Waals surface area (Å²) in [5.41, 5.74) is 1.28. The van der Waals surface area contributed by atoms with Gasteiger partial charge in [-0.25, -0.2) is 9.97 Å². The maximum atomic E-state index is 4.72. The van der Waals surface area contributed by atoms with Gasteiger partial charge in [0.25, 0.3) is 0 Å². The van der Waals surface area contributed by atoms with E-state index >= 15 is 0 Å². The Morgan fingerprint density at radius 3 is 2.42 bits per heavy atom. The number of hydrogen-bond donors (Lipinski definition) is 0. The normalized spacial score (nSPS) is 23.7. The molecule has 3 rings (SSSR count). The molecule has 1 aromatic rings. The van der Waals surface area contributed by atoms with Crippen LogP contribution in [0.15, 0.2) is 12.4 Å². The first-order valence-electron chi connectivity index (χ1n) is 9.92. The fourth-order valence-electron chi connectivity index (χ4n) is 4.25. The average Bonchev–Trinajstić information content (AvgIpc) is 2.62. The lowest BCUT2D eigenvalue weighted by Crippen LogP contribution is -2.40. The van der Waals surface area contributed by atoms with Crippen molar-refractivity contribution in [3.63, 3.8) is 0 Å². The summed E-state index contributed by atoms with van der Waals surface area (Å²) in [5.74, 6) is 1.69. The maximum Gasteiger partial charge on any atom is 0.131 e. The monoisotopic (exact) mass is 330 g/mol. The van der Waals surface area contributed by atoms with E-state index in [1.807, 2.05) is 0 Å². The van der Waals surface area contributed by atoms with Crippen LogP contribution in [0.2, 0.25) is 0 Å². The fourth-order valence-corrected chi connectivity index (χ4v) is 4.25. The van der Waals surface area contributed by atoms with Gasteiger partial charge >= 0.3 is 0 Å². The molecule has 4 heteroatoms. The van der Waals surface area contributed by atoms with Crippen molar-refractivity contribution in [2.45, 2.75) is 76.3 Å². The van der Waals surface area contributed by atoms with Crippen LogP contribution < -0.4 is 0 Å². The van der Waals surface area contributed by atoms with Gasteiger partial charge in [0, 0.05) is 36.5 Å². The van der Waals surface area contributed by atoms with Crippen molar-refractivity contribution in [1.82, 2.24) is 19.8 Å². The van der Waals surface area contributed by atoms with E-state index in [0.29, 0.717) is 5.92 Å². The molecule has 1 atom stereocenters. The summed E-state index contributed by atoms with van der Waals surface area (Å²) in [6.07, 6.45) is 16.1. The van der Waals surface area contributed by atoms with Gasteiger partial charge in [-0.05, 0) is 59.3 Å². The quantitative estimate of drug-likeness (QED) is 0.793. The Bertz CT molecular complexity index is 479. The number of aromatic nitrogens is 2. The summed E-state index contributed by atoms with van der Waals surface area (Å²) < 4.78 is 0. The first-order chi connectivity index (χ1) is 11.7. The highest BCUT2D eigenvalue weighted by Gasteiger charge is 2.23. The second-order valence-corrected chi connectivity index (χ2v) is 8.00. The second-order valence-electron chi connectivity index (χ2n) is 8.00. The summed E-state index contributed by atoms with van der Waals surface area (Å²) in [4.78, 5) is 14.4. The smallest absolute Gasteiger partial charge is 0.131 e. The van der Waals surface area contributed by atoms with Crippen LogP contribution in [0.1, 0.15) is 75.1 Å². The van der Waals surface area contributed by atoms with E-state index in [9.17, 15) is 0 Å². The van der Waals surface area contributed by atoms with Crippen LogP contribution in [-0.2, 0) is 6.54 Å². The molecular weight excluding hydrogens is 296 g/mol. The Kier molecular flexibility index (Phi) is 6.61. The number of hydrogen-bond acceptors (Lipinski definition) is 4. The van der Waals surface area contributed by atoms with Crippen LogP contribution >= 0.6 is 0 Å². The summed E-state index contributed by atoms with van der Waals surface area (Å²) in [6, 6.07) is 0.721. The molecular formula is C20H34N4. The summed E-state index contributed by atoms with van der Waals surface area (Å²) in [5, 5.41) is 0. The van der Waals surface area contributed by atoms with Crippen LogP contribution in [0, 0.1) is 0 Å². The summed E-state index contributed by atoms with van der Waals surface area (Å²) in [6.45, 7) is 3.42. The third kappa shape index (κ3) is 5.00. The standard InChI is InChI=1S/C20H34N4/c1-23(2)13-11-19-10-6-7-12-24(19)16-17-14-21-20(22-15-17)18-8-4-3-5-9-18/h14-15,18-19H,3-13,16H2,1-2H3/t19-/m0/s1. The molecule has 0 unspecified atom stereocenters. The summed E-state index contributed by atoms with van der Waals surface area (Å²) >= 11 is 0. The zero-order chi connectivity index (χ0) is 16.8. The summed E-state index contributed by atoms with van der Waals surface area (Å²) in [7, 11) is 4.34. The molecule has 2 heterocycles. The van der Waals surface area contributed by atoms with Crippen molar-refractivity contribution in [1.29, 1.82) is 0 Å². The molecule has 0 N–H and O–H groups in total. The van der Waals surface area contributed by atoms with E-state index in [2.05, 4.69) is 36.3 Å². The van der Waals surface area contributed by atoms with E-state index in [1.165, 1.54) is 76.4 Å². The Labute approximate surface area is 147 Å². The number of likely N-dealkylation sites (tertiary alicyclic amines) is 1. The molecule has 134 valence electrons. The third-order valence-corrected chi connectivity index (χ3v) is 5.74. The van der Waals surface area contributed by atoms with Gasteiger partial charge in [-0.1, -0.05) is 25.7 Å². The predicted molar refractivity (Wildman–Crippen MR) is 99.1 cm³/mol. The average molecular weight is 331 g/mol. The zero-order valence-corrected chi connectivity index (χ0v) is 15.6. The van der Waals surface area contributed by atoms with E-state index in [1.54, 1.807) is 0 Å². The Morgan fingerprint density at radius 2 is 1.71 bits per heavy atom. The molecule has 1 saturated carbocycles. The first-order valence-corrected chi connectivity index (χ1v) is 9.92. The van der Waals surface area contributed by atoms with Crippen molar-refractivity contribution in [3.05, 3.63) is 23.8 Å². The van der Waals surface area contributed by atoms with Gasteiger partial charge < -0.3 is 4.90 Å². The van der Waals surface area contributed by atoms with Crippen LogP contribution in [0.5, 0.6) is 0 Å². The first kappa shape index (κ1) is 17.8. The maximum absolute atomic E-state index is 4.72. The molecule has 1 saturated heterocycles. The number of piperidine rings is 1. The van der Waals surface area contributed by atoms with Crippen molar-refractivity contribution in [3.8, 4) is 0 Å². The molecule has 1 aliphatic heterocycles. The molecule has 2 aliphatic rings. The van der Waals surface area contributed by atoms with Gasteiger partial charge in [0.15, 0.2) is 0 Å². The molecule has 0 amide bonds. The molecule has 4 nitrogen and oxygen atoms in total. The number of rotatable bonds is 6. The van der Waals surface area contributed by atoms with Crippen LogP contribution in [0.4, 0.5) is 0 Å². The van der Waals surface area contributed by atoms with Gasteiger partial charge in [-0.15, -0.1) is 0 Å². The Morgan fingerprint density at radius 1 is 1.00 bits per heavy atom. The lowest BCUT2D eigenvalue weighted by Gasteiger charge is -2.36. The van der Waals surface area contributed by atoms with E-state index in [0.717, 1.165) is 18.4 Å². The molecule has 0 radical (unpaired) electrons. The number of nitrogens with zero attached hydrogens (tertiary/aromatic N) is 4. The largest absolute Gasteiger partial charge is 0.309 e. The van der Waals surface area contributed by atoms with Crippen molar-refractivity contribution >= 4 is 0 Å². The molecule has 1 aliphatic carbocycles. The van der Waals surface area contributed by atoms with Crippen molar-refractivity contribution in [2.75, 3.05) is 27.2 Å². The molecule has 2 fully saturated rings. The highest BCUT2D eigenvalue weighted by atomic mass is 15.2. The van der Waals surface area contributed by atoms with Crippen LogP contribution in [0.25, 0.3) is 0 Å². The zero-order valence-electron chi connectivity index (χ0n) is 15.6. The van der Waals surface area contributed by atoms with E-state index < -0.39 is 0 Å². The third-order valence-electron chi connectivity index (χ3n) is 5.74. The van der Waals surface area contributed by atoms with Gasteiger partial charge in [0.05, 0.1) is 0 Å². The van der Waals surface area contributed by atoms with Crippen LogP contribution in [0.3, 0.4) is 0 Å². The van der Waals surface area contributed by atoms with Crippen LogP contribution in [-0.4, -0.2) is 53.0 Å². The molecule has 0 spiro atoms. The predicted octanol–water partition coefficient (Wildman–Crippen LogP) is 3.83. The van der Waals surface area contributed by atoms with Gasteiger partial charge in [-0.3, -0.25) is 4.90 Å².